The van der Waals surface area contributed by atoms with Gasteiger partial charge in [-0.15, -0.1) is 0 Å². The largest absolute Gasteiger partial charge is 0.382 e. The number of nitrogens with one attached hydrogen (secondary N) is 1. The number of aliphatic hydroxyl groups excluding tert-OH is 1. The molecule has 2 N–H and O–H groups in total. The fourth-order valence-corrected chi connectivity index (χ4v) is 3.34. The zero-order chi connectivity index (χ0) is 18.1. The average Bonchev–Trinajstić information content (AvgIpc) is 2.67. The molecule has 0 saturated heterocycles. The molecule has 1 aliphatic rings. The van der Waals surface area contributed by atoms with Gasteiger partial charge >= 0.3 is 0 Å². The number of rotatable bonds is 3. The molecule has 1 aliphatic carbocycles. The van der Waals surface area contributed by atoms with E-state index in [1.165, 1.54) is 12.5 Å². The Labute approximate surface area is 151 Å². The van der Waals surface area contributed by atoms with Gasteiger partial charge in [-0.25, -0.2) is 9.97 Å². The Morgan fingerprint density at radius 3 is 2.54 bits per heavy atom. The lowest BCUT2D eigenvalue weighted by Crippen LogP contribution is -2.18. The number of carbonyl (C=O) groups is 1. The quantitative estimate of drug-likeness (QED) is 0.764. The lowest BCUT2D eigenvalue weighted by atomic mass is 9.91. The van der Waals surface area contributed by atoms with Crippen LogP contribution in [0.3, 0.4) is 0 Å². The molecule has 1 heterocycles. The molecule has 1 aromatic heterocycles. The molecule has 130 valence electrons. The summed E-state index contributed by atoms with van der Waals surface area (Å²) in [6.45, 7) is 1.43. The molecule has 5 nitrogen and oxygen atoms in total. The Morgan fingerprint density at radius 2 is 1.77 bits per heavy atom. The molecule has 0 spiro atoms. The van der Waals surface area contributed by atoms with Crippen LogP contribution in [0.2, 0.25) is 0 Å². The first-order valence-corrected chi connectivity index (χ1v) is 8.63. The van der Waals surface area contributed by atoms with Crippen LogP contribution in [0.25, 0.3) is 11.3 Å². The number of benzene rings is 2. The molecule has 0 saturated carbocycles. The molecule has 2 aromatic carbocycles. The topological polar surface area (TPSA) is 75.1 Å². The van der Waals surface area contributed by atoms with Crippen LogP contribution in [0.15, 0.2) is 54.6 Å². The normalized spacial score (nSPS) is 13.5. The van der Waals surface area contributed by atoms with Crippen molar-refractivity contribution in [3.8, 4) is 11.3 Å². The predicted octanol–water partition coefficient (Wildman–Crippen LogP) is 3.28. The minimum atomic E-state index is -0.968. The maximum absolute atomic E-state index is 11.6. The summed E-state index contributed by atoms with van der Waals surface area (Å²) in [4.78, 5) is 21.0. The van der Waals surface area contributed by atoms with Crippen LogP contribution in [0.5, 0.6) is 0 Å². The van der Waals surface area contributed by atoms with Gasteiger partial charge < -0.3 is 10.4 Å². The summed E-state index contributed by atoms with van der Waals surface area (Å²) in [5.41, 5.74) is 4.96. The highest BCUT2D eigenvalue weighted by Gasteiger charge is 2.25. The number of hydrogen-bond acceptors (Lipinski definition) is 4. The number of aromatic nitrogens is 2. The first-order valence-electron chi connectivity index (χ1n) is 8.63. The smallest absolute Gasteiger partial charge is 0.222 e. The fourth-order valence-electron chi connectivity index (χ4n) is 3.34. The van der Waals surface area contributed by atoms with Gasteiger partial charge in [0.1, 0.15) is 11.8 Å². The van der Waals surface area contributed by atoms with Gasteiger partial charge in [0.05, 0.1) is 11.4 Å². The zero-order valence-corrected chi connectivity index (χ0v) is 14.4. The summed E-state index contributed by atoms with van der Waals surface area (Å²) in [7, 11) is 0. The van der Waals surface area contributed by atoms with Crippen molar-refractivity contribution in [2.45, 2.75) is 25.9 Å². The number of fused-ring (bicyclic) bond motifs is 3. The van der Waals surface area contributed by atoms with E-state index in [-0.39, 0.29) is 5.91 Å². The highest BCUT2D eigenvalue weighted by atomic mass is 16.3. The lowest BCUT2D eigenvalue weighted by molar-refractivity contribution is -0.114. The standard InChI is InChI=1S/C21H19N3O2/c1-13(25)22-21-19(20(26)15-8-3-2-4-9-15)24-18-16-10-6-5-7-14(16)11-12-17(18)23-21/h2-10,20,26H,11-12H2,1H3,(H,22,23,25). The molecule has 5 heteroatoms. The molecule has 0 radical (unpaired) electrons. The third-order valence-corrected chi connectivity index (χ3v) is 4.57. The number of aliphatic hydroxyl groups is 1. The number of amides is 1. The molecule has 0 bridgehead atoms. The van der Waals surface area contributed by atoms with E-state index in [4.69, 9.17) is 4.98 Å². The van der Waals surface area contributed by atoms with Gasteiger partial charge in [-0.1, -0.05) is 54.6 Å². The molecule has 4 rings (SSSR count). The van der Waals surface area contributed by atoms with E-state index in [1.54, 1.807) is 0 Å². The Morgan fingerprint density at radius 1 is 1.04 bits per heavy atom. The molecule has 1 unspecified atom stereocenters. The van der Waals surface area contributed by atoms with Crippen LogP contribution in [0.1, 0.15) is 35.5 Å². The summed E-state index contributed by atoms with van der Waals surface area (Å²) in [6.07, 6.45) is 0.677. The van der Waals surface area contributed by atoms with Gasteiger partial charge in [0.15, 0.2) is 5.82 Å². The lowest BCUT2D eigenvalue weighted by Gasteiger charge is -2.22. The molecule has 0 fully saturated rings. The molecular formula is C21H19N3O2. The van der Waals surface area contributed by atoms with E-state index in [0.717, 1.165) is 29.8 Å². The van der Waals surface area contributed by atoms with Crippen molar-refractivity contribution >= 4 is 11.7 Å². The number of carbonyl (C=O) groups excluding carboxylic acids is 1. The second-order valence-electron chi connectivity index (χ2n) is 6.40. The number of hydrogen-bond donors (Lipinski definition) is 2. The van der Waals surface area contributed by atoms with Gasteiger partial charge in [-0.05, 0) is 24.0 Å². The SMILES string of the molecule is CC(=O)Nc1nc2c(nc1C(O)c1ccccc1)-c1ccccc1CC2. The molecule has 26 heavy (non-hydrogen) atoms. The van der Waals surface area contributed by atoms with E-state index in [0.29, 0.717) is 17.1 Å². The molecular weight excluding hydrogens is 326 g/mol. The maximum Gasteiger partial charge on any atom is 0.222 e. The summed E-state index contributed by atoms with van der Waals surface area (Å²) in [5.74, 6) is 0.0870. The average molecular weight is 345 g/mol. The monoisotopic (exact) mass is 345 g/mol. The zero-order valence-electron chi connectivity index (χ0n) is 14.4. The maximum atomic E-state index is 11.6. The minimum Gasteiger partial charge on any atom is -0.382 e. The number of anilines is 1. The van der Waals surface area contributed by atoms with Crippen molar-refractivity contribution in [1.82, 2.24) is 9.97 Å². The second-order valence-corrected chi connectivity index (χ2v) is 6.40. The Kier molecular flexibility index (Phi) is 4.22. The Bertz CT molecular complexity index is 970. The Hall–Kier alpha value is -3.05. The third-order valence-electron chi connectivity index (χ3n) is 4.57. The summed E-state index contributed by atoms with van der Waals surface area (Å²) >= 11 is 0. The van der Waals surface area contributed by atoms with Gasteiger partial charge in [-0.3, -0.25) is 4.79 Å². The summed E-state index contributed by atoms with van der Waals surface area (Å²) < 4.78 is 0. The Balaban J connectivity index is 1.88. The van der Waals surface area contributed by atoms with Crippen molar-refractivity contribution in [1.29, 1.82) is 0 Å². The van der Waals surface area contributed by atoms with E-state index >= 15 is 0 Å². The van der Waals surface area contributed by atoms with Gasteiger partial charge in [0.25, 0.3) is 0 Å². The predicted molar refractivity (Wildman–Crippen MR) is 99.7 cm³/mol. The number of nitrogens with zero attached hydrogens (tertiary/aromatic N) is 2. The van der Waals surface area contributed by atoms with Gasteiger partial charge in [0.2, 0.25) is 5.91 Å². The summed E-state index contributed by atoms with van der Waals surface area (Å²) in [5, 5.41) is 13.6. The molecule has 1 atom stereocenters. The second kappa shape index (κ2) is 6.69. The van der Waals surface area contributed by atoms with Crippen LogP contribution in [0, 0.1) is 0 Å². The van der Waals surface area contributed by atoms with Crippen molar-refractivity contribution in [3.05, 3.63) is 77.1 Å². The van der Waals surface area contributed by atoms with E-state index in [9.17, 15) is 9.90 Å². The highest BCUT2D eigenvalue weighted by molar-refractivity contribution is 5.88. The highest BCUT2D eigenvalue weighted by Crippen LogP contribution is 2.35. The van der Waals surface area contributed by atoms with E-state index in [1.807, 2.05) is 48.5 Å². The molecule has 1 amide bonds. The van der Waals surface area contributed by atoms with Crippen LogP contribution in [0.4, 0.5) is 5.82 Å². The summed E-state index contributed by atoms with van der Waals surface area (Å²) in [6, 6.07) is 17.4. The molecule has 3 aromatic rings. The fraction of sp³-hybridized carbons (Fsp3) is 0.190. The van der Waals surface area contributed by atoms with Crippen molar-refractivity contribution in [3.63, 3.8) is 0 Å². The van der Waals surface area contributed by atoms with Gasteiger partial charge in [0, 0.05) is 12.5 Å². The minimum absolute atomic E-state index is 0.239. The van der Waals surface area contributed by atoms with Crippen molar-refractivity contribution in [2.24, 2.45) is 0 Å². The number of aryl methyl sites for hydroxylation is 2. The first-order chi connectivity index (χ1) is 12.6. The first kappa shape index (κ1) is 16.4. The van der Waals surface area contributed by atoms with Gasteiger partial charge in [-0.2, -0.15) is 0 Å². The third kappa shape index (κ3) is 2.97. The van der Waals surface area contributed by atoms with E-state index < -0.39 is 6.10 Å². The van der Waals surface area contributed by atoms with Crippen LogP contribution < -0.4 is 5.32 Å². The van der Waals surface area contributed by atoms with Crippen LogP contribution >= 0.6 is 0 Å². The van der Waals surface area contributed by atoms with E-state index in [2.05, 4.69) is 16.4 Å². The van der Waals surface area contributed by atoms with Crippen molar-refractivity contribution in [2.75, 3.05) is 5.32 Å². The van der Waals surface area contributed by atoms with Crippen LogP contribution in [-0.2, 0) is 17.6 Å². The molecule has 0 aliphatic heterocycles. The van der Waals surface area contributed by atoms with Crippen molar-refractivity contribution < 1.29 is 9.90 Å². The van der Waals surface area contributed by atoms with Crippen LogP contribution in [-0.4, -0.2) is 21.0 Å².